The van der Waals surface area contributed by atoms with Gasteiger partial charge in [0.15, 0.2) is 0 Å². The minimum atomic E-state index is -1.69. The summed E-state index contributed by atoms with van der Waals surface area (Å²) in [6.07, 6.45) is 1.03. The van der Waals surface area contributed by atoms with Gasteiger partial charge in [0.2, 0.25) is 3.79 Å². The second kappa shape index (κ2) is 9.90. The topological polar surface area (TPSA) is 85.4 Å². The van der Waals surface area contributed by atoms with Crippen LogP contribution in [0.2, 0.25) is 0 Å². The van der Waals surface area contributed by atoms with Gasteiger partial charge in [-0.25, -0.2) is 9.59 Å². The standard InChI is InChI=1S/C18H26Cl3N2O6/c1-4-27-15(25)14(17(2,3)29-11-24)23-8-6-12-5-7-22(9-13(12)23)16(26)28-10-18(19,20)21/h12-14H,4-10H2,1-3H3/t12?,13?,14-/m1/s1. The third kappa shape index (κ3) is 6.26. The van der Waals surface area contributed by atoms with Crippen LogP contribution in [0.4, 0.5) is 4.79 Å². The van der Waals surface area contributed by atoms with Crippen molar-refractivity contribution in [3.8, 4) is 0 Å². The van der Waals surface area contributed by atoms with Gasteiger partial charge in [-0.05, 0) is 46.1 Å². The summed E-state index contributed by atoms with van der Waals surface area (Å²) in [5.41, 5.74) is -1.15. The van der Waals surface area contributed by atoms with Gasteiger partial charge in [-0.2, -0.15) is 0 Å². The molecular formula is C18H26Cl3N2O6. The number of piperidine rings is 1. The van der Waals surface area contributed by atoms with E-state index in [9.17, 15) is 14.4 Å². The number of amides is 1. The highest BCUT2D eigenvalue weighted by Gasteiger charge is 2.51. The first-order valence-corrected chi connectivity index (χ1v) is 10.6. The van der Waals surface area contributed by atoms with Crippen LogP contribution in [-0.4, -0.2) is 82.7 Å². The Morgan fingerprint density at radius 3 is 2.41 bits per heavy atom. The van der Waals surface area contributed by atoms with E-state index in [0.717, 1.165) is 12.8 Å². The zero-order valence-electron chi connectivity index (χ0n) is 16.7. The molecule has 0 aromatic rings. The maximum absolute atomic E-state index is 12.7. The van der Waals surface area contributed by atoms with Crippen LogP contribution < -0.4 is 0 Å². The highest BCUT2D eigenvalue weighted by atomic mass is 35.6. The van der Waals surface area contributed by atoms with Crippen molar-refractivity contribution >= 4 is 53.3 Å². The van der Waals surface area contributed by atoms with E-state index in [2.05, 4.69) is 0 Å². The molecule has 2 aliphatic rings. The minimum Gasteiger partial charge on any atom is -0.465 e. The van der Waals surface area contributed by atoms with E-state index in [1.54, 1.807) is 20.8 Å². The highest BCUT2D eigenvalue weighted by Crippen LogP contribution is 2.37. The Balaban J connectivity index is 2.17. The fourth-order valence-corrected chi connectivity index (χ4v) is 4.26. The van der Waals surface area contributed by atoms with E-state index in [1.165, 1.54) is 11.4 Å². The molecule has 2 unspecified atom stereocenters. The van der Waals surface area contributed by atoms with Gasteiger partial charge >= 0.3 is 18.5 Å². The molecule has 3 atom stereocenters. The van der Waals surface area contributed by atoms with Crippen molar-refractivity contribution < 1.29 is 28.6 Å². The molecule has 0 saturated carbocycles. The van der Waals surface area contributed by atoms with Crippen molar-refractivity contribution in [1.29, 1.82) is 0 Å². The number of hydrogen-bond acceptors (Lipinski definition) is 7. The van der Waals surface area contributed by atoms with Crippen molar-refractivity contribution in [2.45, 2.75) is 55.1 Å². The third-order valence-corrected chi connectivity index (χ3v) is 5.66. The molecule has 29 heavy (non-hydrogen) atoms. The summed E-state index contributed by atoms with van der Waals surface area (Å²) in [5, 5.41) is 0. The summed E-state index contributed by atoms with van der Waals surface area (Å²) in [7, 11) is 0. The number of likely N-dealkylation sites (tertiary alicyclic amines) is 2. The Morgan fingerprint density at radius 1 is 1.17 bits per heavy atom. The Labute approximate surface area is 185 Å². The number of rotatable bonds is 7. The van der Waals surface area contributed by atoms with Crippen LogP contribution >= 0.6 is 34.8 Å². The largest absolute Gasteiger partial charge is 0.465 e. The summed E-state index contributed by atoms with van der Waals surface area (Å²) >= 11 is 16.9. The third-order valence-electron chi connectivity index (χ3n) is 5.33. The molecule has 0 aliphatic carbocycles. The van der Waals surface area contributed by atoms with E-state index in [4.69, 9.17) is 49.0 Å². The molecule has 11 heteroatoms. The van der Waals surface area contributed by atoms with Gasteiger partial charge in [0, 0.05) is 19.1 Å². The quantitative estimate of drug-likeness (QED) is 0.320. The van der Waals surface area contributed by atoms with Gasteiger partial charge < -0.3 is 19.1 Å². The number of halogens is 3. The van der Waals surface area contributed by atoms with Crippen LogP contribution in [-0.2, 0) is 23.8 Å². The van der Waals surface area contributed by atoms with Gasteiger partial charge in [0.1, 0.15) is 18.2 Å². The first-order valence-electron chi connectivity index (χ1n) is 9.46. The summed E-state index contributed by atoms with van der Waals surface area (Å²) in [6, 6.07) is -0.941. The molecule has 0 aromatic carbocycles. The van der Waals surface area contributed by atoms with Crippen molar-refractivity contribution in [3.05, 3.63) is 0 Å². The van der Waals surface area contributed by atoms with Crippen molar-refractivity contribution in [2.24, 2.45) is 5.92 Å². The number of esters is 1. The second-order valence-corrected chi connectivity index (χ2v) is 10.2. The van der Waals surface area contributed by atoms with E-state index >= 15 is 0 Å². The number of carbonyl (C=O) groups excluding carboxylic acids is 3. The van der Waals surface area contributed by atoms with Crippen LogP contribution in [0.1, 0.15) is 33.6 Å². The maximum atomic E-state index is 12.7. The van der Waals surface area contributed by atoms with E-state index in [-0.39, 0.29) is 19.3 Å². The van der Waals surface area contributed by atoms with E-state index in [0.29, 0.717) is 25.6 Å². The lowest BCUT2D eigenvalue weighted by Crippen LogP contribution is -2.61. The van der Waals surface area contributed by atoms with Crippen LogP contribution in [0.3, 0.4) is 0 Å². The van der Waals surface area contributed by atoms with Crippen LogP contribution in [0.25, 0.3) is 0 Å². The van der Waals surface area contributed by atoms with E-state index < -0.39 is 27.5 Å². The number of ether oxygens (including phenoxy) is 3. The molecule has 0 spiro atoms. The molecule has 0 aromatic heterocycles. The Bertz CT molecular complexity index is 613. The molecule has 2 heterocycles. The Morgan fingerprint density at radius 2 is 1.83 bits per heavy atom. The number of alkyl halides is 3. The molecule has 1 radical (unpaired) electrons. The monoisotopic (exact) mass is 471 g/mol. The summed E-state index contributed by atoms with van der Waals surface area (Å²) in [5.74, 6) is -0.190. The Hall–Kier alpha value is -0.960. The summed E-state index contributed by atoms with van der Waals surface area (Å²) in [4.78, 5) is 39.5. The SMILES string of the molecule is CCOC(=O)[C@@H](N1CCC2CCN(C(=O)OCC(Cl)(Cl)Cl)CC21)C(C)(C)O[C]=O. The molecule has 2 saturated heterocycles. The average molecular weight is 473 g/mol. The molecule has 0 bridgehead atoms. The molecule has 165 valence electrons. The van der Waals surface area contributed by atoms with Crippen LogP contribution in [0, 0.1) is 5.92 Å². The average Bonchev–Trinajstić information content (AvgIpc) is 3.02. The van der Waals surface area contributed by atoms with Crippen LogP contribution in [0.5, 0.6) is 0 Å². The highest BCUT2D eigenvalue weighted by molar-refractivity contribution is 6.67. The lowest BCUT2D eigenvalue weighted by molar-refractivity contribution is -0.159. The Kier molecular flexibility index (Phi) is 8.30. The van der Waals surface area contributed by atoms with Crippen LogP contribution in [0.15, 0.2) is 0 Å². The van der Waals surface area contributed by atoms with Crippen molar-refractivity contribution in [2.75, 3.05) is 32.8 Å². The van der Waals surface area contributed by atoms with Gasteiger partial charge in [0.05, 0.1) is 6.61 Å². The number of nitrogens with zero attached hydrogens (tertiary/aromatic N) is 2. The molecule has 1 amide bonds. The zero-order chi connectivity index (χ0) is 21.8. The molecule has 8 nitrogen and oxygen atoms in total. The van der Waals surface area contributed by atoms with Crippen molar-refractivity contribution in [1.82, 2.24) is 9.80 Å². The first kappa shape index (κ1) is 24.3. The predicted molar refractivity (Wildman–Crippen MR) is 108 cm³/mol. The lowest BCUT2D eigenvalue weighted by Gasteiger charge is -2.43. The second-order valence-electron chi connectivity index (χ2n) is 7.70. The first-order chi connectivity index (χ1) is 13.5. The smallest absolute Gasteiger partial charge is 0.418 e. The molecule has 0 N–H and O–H groups in total. The molecule has 2 aliphatic heterocycles. The van der Waals surface area contributed by atoms with E-state index in [1.807, 2.05) is 4.90 Å². The van der Waals surface area contributed by atoms with Crippen molar-refractivity contribution in [3.63, 3.8) is 0 Å². The summed E-state index contributed by atoms with van der Waals surface area (Å²) < 4.78 is 13.7. The normalized spacial score (nSPS) is 23.9. The predicted octanol–water partition coefficient (Wildman–Crippen LogP) is 2.68. The van der Waals surface area contributed by atoms with Gasteiger partial charge in [-0.15, -0.1) is 0 Å². The fraction of sp³-hybridized carbons (Fsp3) is 0.833. The maximum Gasteiger partial charge on any atom is 0.418 e. The van der Waals surface area contributed by atoms with Gasteiger partial charge in [-0.3, -0.25) is 9.69 Å². The zero-order valence-corrected chi connectivity index (χ0v) is 18.9. The fourth-order valence-electron chi connectivity index (χ4n) is 4.10. The number of carbonyl (C=O) groups is 2. The van der Waals surface area contributed by atoms with Gasteiger partial charge in [-0.1, -0.05) is 34.8 Å². The number of hydrogen-bond donors (Lipinski definition) is 0. The molecule has 2 rings (SSSR count). The summed E-state index contributed by atoms with van der Waals surface area (Å²) in [6.45, 7) is 7.75. The molecule has 2 fully saturated rings. The number of fused-ring (bicyclic) bond motifs is 1. The lowest BCUT2D eigenvalue weighted by atomic mass is 9.90. The molecular weight excluding hydrogens is 447 g/mol. The van der Waals surface area contributed by atoms with Gasteiger partial charge in [0.25, 0.3) is 0 Å². The minimum absolute atomic E-state index is 0.118.